The van der Waals surface area contributed by atoms with E-state index in [2.05, 4.69) is 10.4 Å². The molecule has 0 unspecified atom stereocenters. The number of nitrogens with one attached hydrogen (secondary N) is 1. The molecule has 6 heteroatoms. The van der Waals surface area contributed by atoms with Crippen LogP contribution in [0.15, 0.2) is 6.07 Å². The van der Waals surface area contributed by atoms with E-state index in [1.54, 1.807) is 17.7 Å². The lowest BCUT2D eigenvalue weighted by atomic mass is 10.3. The Bertz CT molecular complexity index is 411. The Labute approximate surface area is 93.3 Å². The molecule has 1 aromatic rings. The zero-order valence-corrected chi connectivity index (χ0v) is 9.52. The van der Waals surface area contributed by atoms with E-state index in [1.807, 2.05) is 6.92 Å². The van der Waals surface area contributed by atoms with Crippen LogP contribution in [0.5, 0.6) is 0 Å². The summed E-state index contributed by atoms with van der Waals surface area (Å²) in [5, 5.41) is 15.2. The van der Waals surface area contributed by atoms with E-state index in [4.69, 9.17) is 5.11 Å². The van der Waals surface area contributed by atoms with Crippen molar-refractivity contribution in [1.29, 1.82) is 0 Å². The largest absolute Gasteiger partial charge is 0.480 e. The van der Waals surface area contributed by atoms with Crippen molar-refractivity contribution in [1.82, 2.24) is 15.1 Å². The molecule has 0 spiro atoms. The minimum absolute atomic E-state index is 0.382. The molecule has 0 aromatic carbocycles. The Morgan fingerprint density at radius 3 is 2.75 bits per heavy atom. The highest BCUT2D eigenvalue weighted by Crippen LogP contribution is 2.04. The first-order valence-electron chi connectivity index (χ1n) is 5.03. The molecule has 1 amide bonds. The Balaban J connectivity index is 2.84. The normalized spacial score (nSPS) is 12.2. The molecule has 0 bridgehead atoms. The quantitative estimate of drug-likeness (QED) is 0.777. The minimum Gasteiger partial charge on any atom is -0.480 e. The fourth-order valence-corrected chi connectivity index (χ4v) is 1.30. The number of amides is 1. The molecule has 2 N–H and O–H groups in total. The summed E-state index contributed by atoms with van der Waals surface area (Å²) in [6, 6.07) is 0.723. The summed E-state index contributed by atoms with van der Waals surface area (Å²) in [6.07, 6.45) is 0. The van der Waals surface area contributed by atoms with Gasteiger partial charge >= 0.3 is 5.97 Å². The predicted octanol–water partition coefficient (Wildman–Crippen LogP) is 0.414. The molecule has 0 aliphatic carbocycles. The third-order valence-corrected chi connectivity index (χ3v) is 2.15. The first kappa shape index (κ1) is 12.2. The van der Waals surface area contributed by atoms with Crippen LogP contribution in [0.25, 0.3) is 0 Å². The van der Waals surface area contributed by atoms with Crippen LogP contribution in [0.4, 0.5) is 0 Å². The number of carbonyl (C=O) groups excluding carboxylic acids is 1. The maximum atomic E-state index is 11.7. The topological polar surface area (TPSA) is 84.2 Å². The zero-order valence-electron chi connectivity index (χ0n) is 9.52. The van der Waals surface area contributed by atoms with Gasteiger partial charge in [0.15, 0.2) is 0 Å². The van der Waals surface area contributed by atoms with Gasteiger partial charge in [0.2, 0.25) is 0 Å². The molecule has 1 aromatic heterocycles. The molecule has 88 valence electrons. The highest BCUT2D eigenvalue weighted by Gasteiger charge is 2.18. The van der Waals surface area contributed by atoms with E-state index < -0.39 is 17.9 Å². The molecular formula is C10H15N3O3. The molecule has 0 aliphatic heterocycles. The first-order chi connectivity index (χ1) is 7.45. The lowest BCUT2D eigenvalue weighted by molar-refractivity contribution is -0.138. The van der Waals surface area contributed by atoms with E-state index in [0.29, 0.717) is 12.2 Å². The second-order valence-electron chi connectivity index (χ2n) is 3.52. The van der Waals surface area contributed by atoms with Crippen molar-refractivity contribution in [2.24, 2.45) is 0 Å². The summed E-state index contributed by atoms with van der Waals surface area (Å²) in [5.74, 6) is -1.48. The average molecular weight is 225 g/mol. The van der Waals surface area contributed by atoms with Crippen LogP contribution < -0.4 is 5.32 Å². The van der Waals surface area contributed by atoms with Gasteiger partial charge in [-0.3, -0.25) is 14.3 Å². The van der Waals surface area contributed by atoms with Crippen LogP contribution in [0.3, 0.4) is 0 Å². The van der Waals surface area contributed by atoms with Crippen LogP contribution in [0.2, 0.25) is 0 Å². The van der Waals surface area contributed by atoms with Crippen molar-refractivity contribution in [3.05, 3.63) is 17.5 Å². The third kappa shape index (κ3) is 2.59. The van der Waals surface area contributed by atoms with Crippen molar-refractivity contribution in [2.45, 2.75) is 33.4 Å². The van der Waals surface area contributed by atoms with Gasteiger partial charge in [-0.1, -0.05) is 0 Å². The summed E-state index contributed by atoms with van der Waals surface area (Å²) in [5.41, 5.74) is 1.11. The number of carbonyl (C=O) groups is 2. The van der Waals surface area contributed by atoms with E-state index in [1.165, 1.54) is 6.92 Å². The summed E-state index contributed by atoms with van der Waals surface area (Å²) >= 11 is 0. The average Bonchev–Trinajstić information content (AvgIpc) is 2.59. The van der Waals surface area contributed by atoms with Gasteiger partial charge in [-0.05, 0) is 26.8 Å². The van der Waals surface area contributed by atoms with E-state index in [9.17, 15) is 9.59 Å². The van der Waals surface area contributed by atoms with Gasteiger partial charge in [0.1, 0.15) is 11.7 Å². The van der Waals surface area contributed by atoms with E-state index >= 15 is 0 Å². The van der Waals surface area contributed by atoms with Gasteiger partial charge in [-0.15, -0.1) is 0 Å². The minimum atomic E-state index is -1.06. The number of rotatable bonds is 4. The predicted molar refractivity (Wildman–Crippen MR) is 57.2 cm³/mol. The molecule has 0 fully saturated rings. The van der Waals surface area contributed by atoms with Crippen LogP contribution in [0, 0.1) is 6.92 Å². The van der Waals surface area contributed by atoms with Crippen molar-refractivity contribution >= 4 is 11.9 Å². The van der Waals surface area contributed by atoms with E-state index in [-0.39, 0.29) is 0 Å². The highest BCUT2D eigenvalue weighted by molar-refractivity contribution is 5.95. The zero-order chi connectivity index (χ0) is 12.3. The lowest BCUT2D eigenvalue weighted by Crippen LogP contribution is -2.39. The summed E-state index contributed by atoms with van der Waals surface area (Å²) < 4.78 is 1.54. The van der Waals surface area contributed by atoms with Gasteiger partial charge in [0, 0.05) is 6.54 Å². The maximum absolute atomic E-state index is 11.7. The summed E-state index contributed by atoms with van der Waals surface area (Å²) in [6.45, 7) is 5.63. The Kier molecular flexibility index (Phi) is 3.65. The summed E-state index contributed by atoms with van der Waals surface area (Å²) in [4.78, 5) is 22.3. The second-order valence-corrected chi connectivity index (χ2v) is 3.52. The molecule has 1 rings (SSSR count). The first-order valence-corrected chi connectivity index (χ1v) is 5.03. The molecular weight excluding hydrogens is 210 g/mol. The number of carboxylic acid groups (broad SMARTS) is 1. The Morgan fingerprint density at radius 2 is 2.25 bits per heavy atom. The molecule has 1 atom stereocenters. The van der Waals surface area contributed by atoms with Gasteiger partial charge < -0.3 is 10.4 Å². The number of hydrogen-bond donors (Lipinski definition) is 2. The van der Waals surface area contributed by atoms with Gasteiger partial charge in [-0.25, -0.2) is 0 Å². The standard InChI is InChI=1S/C10H15N3O3/c1-4-13-8(5-6(2)12-13)9(14)11-7(3)10(15)16/h5,7H,4H2,1-3H3,(H,11,14)(H,15,16)/t7-/m0/s1. The van der Waals surface area contributed by atoms with Gasteiger partial charge in [0.05, 0.1) is 5.69 Å². The van der Waals surface area contributed by atoms with Gasteiger partial charge in [-0.2, -0.15) is 5.10 Å². The SMILES string of the molecule is CCn1nc(C)cc1C(=O)N[C@@H](C)C(=O)O. The smallest absolute Gasteiger partial charge is 0.325 e. The second kappa shape index (κ2) is 4.78. The molecule has 0 radical (unpaired) electrons. The van der Waals surface area contributed by atoms with Crippen molar-refractivity contribution in [3.63, 3.8) is 0 Å². The number of aryl methyl sites for hydroxylation is 2. The third-order valence-electron chi connectivity index (χ3n) is 2.15. The van der Waals surface area contributed by atoms with Crippen LogP contribution in [-0.2, 0) is 11.3 Å². The number of aliphatic carboxylic acids is 1. The fraction of sp³-hybridized carbons (Fsp3) is 0.500. The number of nitrogens with zero attached hydrogens (tertiary/aromatic N) is 2. The molecule has 0 aliphatic rings. The number of aromatic nitrogens is 2. The molecule has 6 nitrogen and oxygen atoms in total. The highest BCUT2D eigenvalue weighted by atomic mass is 16.4. The fourth-order valence-electron chi connectivity index (χ4n) is 1.30. The number of carboxylic acids is 1. The van der Waals surface area contributed by atoms with Crippen LogP contribution >= 0.6 is 0 Å². The van der Waals surface area contributed by atoms with Gasteiger partial charge in [0.25, 0.3) is 5.91 Å². The Hall–Kier alpha value is -1.85. The van der Waals surface area contributed by atoms with E-state index in [0.717, 1.165) is 5.69 Å². The lowest BCUT2D eigenvalue weighted by Gasteiger charge is -2.09. The molecule has 0 saturated heterocycles. The maximum Gasteiger partial charge on any atom is 0.325 e. The molecule has 0 saturated carbocycles. The van der Waals surface area contributed by atoms with Crippen molar-refractivity contribution < 1.29 is 14.7 Å². The monoisotopic (exact) mass is 225 g/mol. The van der Waals surface area contributed by atoms with Crippen molar-refractivity contribution in [3.8, 4) is 0 Å². The van der Waals surface area contributed by atoms with Crippen molar-refractivity contribution in [2.75, 3.05) is 0 Å². The van der Waals surface area contributed by atoms with Crippen LogP contribution in [-0.4, -0.2) is 32.8 Å². The number of hydrogen-bond acceptors (Lipinski definition) is 3. The molecule has 16 heavy (non-hydrogen) atoms. The Morgan fingerprint density at radius 1 is 1.62 bits per heavy atom. The van der Waals surface area contributed by atoms with Crippen LogP contribution in [0.1, 0.15) is 30.0 Å². The molecule has 1 heterocycles. The summed E-state index contributed by atoms with van der Waals surface area (Å²) in [7, 11) is 0.